The molecule has 0 N–H and O–H groups in total. The number of carbonyl (C=O) groups excluding carboxylic acids is 2. The Hall–Kier alpha value is -1.41. The lowest BCUT2D eigenvalue weighted by Gasteiger charge is -2.21. The maximum Gasteiger partial charge on any atom is 0.230 e. The van der Waals surface area contributed by atoms with E-state index in [4.69, 9.17) is 0 Å². The standard InChI is InChI=1S/C21H27BrN2O4S/c22-17-13-16-7-11-24(21(26)15-5-6-15)18(16)14-19(17)29(27,28)12-8-20(25)23-9-3-1-2-4-10-23/h13-15H,1-12H2. The van der Waals surface area contributed by atoms with Gasteiger partial charge in [0.05, 0.1) is 10.6 Å². The largest absolute Gasteiger partial charge is 0.343 e. The summed E-state index contributed by atoms with van der Waals surface area (Å²) in [5.41, 5.74) is 1.70. The van der Waals surface area contributed by atoms with Gasteiger partial charge in [0, 0.05) is 42.1 Å². The van der Waals surface area contributed by atoms with Gasteiger partial charge in [-0.05, 0) is 65.7 Å². The molecule has 6 nitrogen and oxygen atoms in total. The maximum absolute atomic E-state index is 13.0. The van der Waals surface area contributed by atoms with Crippen LogP contribution in [-0.2, 0) is 25.8 Å². The van der Waals surface area contributed by atoms with E-state index < -0.39 is 9.84 Å². The van der Waals surface area contributed by atoms with E-state index in [0.29, 0.717) is 16.7 Å². The van der Waals surface area contributed by atoms with E-state index in [9.17, 15) is 18.0 Å². The number of hydrogen-bond acceptors (Lipinski definition) is 4. The quantitative estimate of drug-likeness (QED) is 0.644. The summed E-state index contributed by atoms with van der Waals surface area (Å²) in [5.74, 6) is -0.101. The number of rotatable bonds is 5. The summed E-state index contributed by atoms with van der Waals surface area (Å²) in [6, 6.07) is 3.44. The van der Waals surface area contributed by atoms with Gasteiger partial charge < -0.3 is 9.80 Å². The van der Waals surface area contributed by atoms with Crippen LogP contribution in [0.2, 0.25) is 0 Å². The summed E-state index contributed by atoms with van der Waals surface area (Å²) < 4.78 is 26.6. The zero-order valence-corrected chi connectivity index (χ0v) is 18.9. The molecule has 158 valence electrons. The normalized spacial score (nSPS) is 19.8. The molecule has 2 heterocycles. The monoisotopic (exact) mass is 482 g/mol. The summed E-state index contributed by atoms with van der Waals surface area (Å²) in [6.07, 6.45) is 6.80. The first-order chi connectivity index (χ1) is 13.9. The van der Waals surface area contributed by atoms with Gasteiger partial charge in [0.2, 0.25) is 11.8 Å². The molecule has 0 radical (unpaired) electrons. The highest BCUT2D eigenvalue weighted by molar-refractivity contribution is 9.10. The van der Waals surface area contributed by atoms with E-state index in [2.05, 4.69) is 15.9 Å². The molecule has 0 aromatic heterocycles. The molecule has 8 heteroatoms. The van der Waals surface area contributed by atoms with E-state index in [-0.39, 0.29) is 34.8 Å². The van der Waals surface area contributed by atoms with Crippen LogP contribution in [0, 0.1) is 5.92 Å². The average molecular weight is 483 g/mol. The van der Waals surface area contributed by atoms with E-state index in [0.717, 1.165) is 63.6 Å². The smallest absolute Gasteiger partial charge is 0.230 e. The Labute approximate surface area is 180 Å². The maximum atomic E-state index is 13.0. The van der Waals surface area contributed by atoms with Gasteiger partial charge in [-0.15, -0.1) is 0 Å². The van der Waals surface area contributed by atoms with Crippen molar-refractivity contribution in [2.24, 2.45) is 5.92 Å². The molecule has 1 saturated heterocycles. The van der Waals surface area contributed by atoms with Crippen molar-refractivity contribution >= 4 is 43.3 Å². The fraction of sp³-hybridized carbons (Fsp3) is 0.619. The van der Waals surface area contributed by atoms with Gasteiger partial charge in [0.1, 0.15) is 0 Å². The molecular weight excluding hydrogens is 456 g/mol. The van der Waals surface area contributed by atoms with Crippen molar-refractivity contribution in [3.63, 3.8) is 0 Å². The van der Waals surface area contributed by atoms with Crippen LogP contribution in [0.1, 0.15) is 50.5 Å². The van der Waals surface area contributed by atoms with Crippen LogP contribution in [-0.4, -0.2) is 50.5 Å². The third-order valence-corrected chi connectivity index (χ3v) is 8.77. The Morgan fingerprint density at radius 1 is 1.03 bits per heavy atom. The van der Waals surface area contributed by atoms with Crippen molar-refractivity contribution in [2.75, 3.05) is 30.3 Å². The van der Waals surface area contributed by atoms with E-state index in [1.807, 2.05) is 6.07 Å². The van der Waals surface area contributed by atoms with E-state index in [1.165, 1.54) is 0 Å². The highest BCUT2D eigenvalue weighted by Gasteiger charge is 2.37. The van der Waals surface area contributed by atoms with Crippen molar-refractivity contribution in [3.05, 3.63) is 22.2 Å². The molecule has 0 bridgehead atoms. The van der Waals surface area contributed by atoms with Crippen LogP contribution in [0.15, 0.2) is 21.5 Å². The predicted molar refractivity (Wildman–Crippen MR) is 115 cm³/mol. The first-order valence-corrected chi connectivity index (χ1v) is 13.0. The number of carbonyl (C=O) groups is 2. The van der Waals surface area contributed by atoms with Gasteiger partial charge in [-0.1, -0.05) is 12.8 Å². The number of sulfone groups is 1. The second-order valence-corrected chi connectivity index (χ2v) is 11.2. The van der Waals surface area contributed by atoms with Crippen LogP contribution in [0.5, 0.6) is 0 Å². The van der Waals surface area contributed by atoms with Gasteiger partial charge in [0.15, 0.2) is 9.84 Å². The van der Waals surface area contributed by atoms with Crippen LogP contribution in [0.25, 0.3) is 0 Å². The van der Waals surface area contributed by atoms with Gasteiger partial charge in [-0.2, -0.15) is 0 Å². The van der Waals surface area contributed by atoms with Crippen LogP contribution in [0.3, 0.4) is 0 Å². The summed E-state index contributed by atoms with van der Waals surface area (Å²) in [5, 5.41) is 0. The number of halogens is 1. The van der Waals surface area contributed by atoms with Gasteiger partial charge in [-0.3, -0.25) is 9.59 Å². The topological polar surface area (TPSA) is 74.8 Å². The molecule has 1 aromatic rings. The SMILES string of the molecule is O=C(CCS(=O)(=O)c1cc2c(cc1Br)CCN2C(=O)C1CC1)N1CCCCCC1. The molecular formula is C21H27BrN2O4S. The molecule has 29 heavy (non-hydrogen) atoms. The van der Waals surface area contributed by atoms with Gasteiger partial charge in [-0.25, -0.2) is 8.42 Å². The van der Waals surface area contributed by atoms with E-state index in [1.54, 1.807) is 15.9 Å². The summed E-state index contributed by atoms with van der Waals surface area (Å²) in [7, 11) is -3.64. The minimum Gasteiger partial charge on any atom is -0.343 e. The molecule has 1 aromatic carbocycles. The summed E-state index contributed by atoms with van der Waals surface area (Å²) in [4.78, 5) is 28.8. The average Bonchev–Trinajstić information content (AvgIpc) is 3.49. The molecule has 1 aliphatic carbocycles. The highest BCUT2D eigenvalue weighted by Crippen LogP contribution is 2.39. The third kappa shape index (κ3) is 4.53. The lowest BCUT2D eigenvalue weighted by atomic mass is 10.2. The molecule has 0 spiro atoms. The number of anilines is 1. The minimum absolute atomic E-state index is 0.00340. The highest BCUT2D eigenvalue weighted by atomic mass is 79.9. The number of nitrogens with zero attached hydrogens (tertiary/aromatic N) is 2. The van der Waals surface area contributed by atoms with Crippen molar-refractivity contribution < 1.29 is 18.0 Å². The lowest BCUT2D eigenvalue weighted by Crippen LogP contribution is -2.33. The second kappa shape index (κ2) is 8.38. The summed E-state index contributed by atoms with van der Waals surface area (Å²) in [6.45, 7) is 2.05. The first-order valence-electron chi connectivity index (χ1n) is 10.5. The molecule has 2 fully saturated rings. The fourth-order valence-electron chi connectivity index (χ4n) is 4.22. The zero-order chi connectivity index (χ0) is 20.6. The van der Waals surface area contributed by atoms with Gasteiger partial charge in [0.25, 0.3) is 0 Å². The zero-order valence-electron chi connectivity index (χ0n) is 16.5. The number of benzene rings is 1. The van der Waals surface area contributed by atoms with Crippen molar-refractivity contribution in [1.29, 1.82) is 0 Å². The predicted octanol–water partition coefficient (Wildman–Crippen LogP) is 3.31. The van der Waals surface area contributed by atoms with E-state index >= 15 is 0 Å². The minimum atomic E-state index is -3.64. The van der Waals surface area contributed by atoms with Crippen molar-refractivity contribution in [3.8, 4) is 0 Å². The third-order valence-electron chi connectivity index (χ3n) is 6.10. The van der Waals surface area contributed by atoms with Crippen LogP contribution < -0.4 is 4.90 Å². The molecule has 2 amide bonds. The molecule has 0 unspecified atom stereocenters. The number of amides is 2. The van der Waals surface area contributed by atoms with Crippen molar-refractivity contribution in [2.45, 2.75) is 56.3 Å². The fourth-order valence-corrected chi connectivity index (χ4v) is 6.66. The molecule has 0 atom stereocenters. The molecule has 4 rings (SSSR count). The number of likely N-dealkylation sites (tertiary alicyclic amines) is 1. The molecule has 2 aliphatic heterocycles. The lowest BCUT2D eigenvalue weighted by molar-refractivity contribution is -0.130. The number of hydrogen-bond donors (Lipinski definition) is 0. The number of fused-ring (bicyclic) bond motifs is 1. The van der Waals surface area contributed by atoms with Gasteiger partial charge >= 0.3 is 0 Å². The van der Waals surface area contributed by atoms with Crippen molar-refractivity contribution in [1.82, 2.24) is 4.90 Å². The Kier molecular flexibility index (Phi) is 6.02. The Morgan fingerprint density at radius 3 is 2.38 bits per heavy atom. The summed E-state index contributed by atoms with van der Waals surface area (Å²) >= 11 is 3.40. The Morgan fingerprint density at radius 2 is 1.72 bits per heavy atom. The Bertz CT molecular complexity index is 919. The first kappa shape index (κ1) is 20.8. The van der Waals surface area contributed by atoms with Crippen LogP contribution in [0.4, 0.5) is 5.69 Å². The van der Waals surface area contributed by atoms with Crippen LogP contribution >= 0.6 is 15.9 Å². The second-order valence-electron chi connectivity index (χ2n) is 8.29. The Balaban J connectivity index is 1.50. The molecule has 3 aliphatic rings. The molecule has 1 saturated carbocycles.